The van der Waals surface area contributed by atoms with Gasteiger partial charge in [0.05, 0.1) is 19.8 Å². The summed E-state index contributed by atoms with van der Waals surface area (Å²) in [6.07, 6.45) is 7.35. The molecule has 18 nitrogen and oxygen atoms in total. The summed E-state index contributed by atoms with van der Waals surface area (Å²) in [5.41, 5.74) is 5.36. The molecule has 0 spiro atoms. The third-order valence-corrected chi connectivity index (χ3v) is 9.37. The van der Waals surface area contributed by atoms with E-state index < -0.39 is 59.6 Å². The Balaban J connectivity index is 0.000000677. The first kappa shape index (κ1) is 48.8. The van der Waals surface area contributed by atoms with Crippen LogP contribution in [0.25, 0.3) is 0 Å². The van der Waals surface area contributed by atoms with Crippen LogP contribution in [0.5, 0.6) is 5.75 Å². The van der Waals surface area contributed by atoms with Crippen molar-refractivity contribution in [3.8, 4) is 5.75 Å². The molecule has 330 valence electrons. The zero-order valence-corrected chi connectivity index (χ0v) is 34.8. The van der Waals surface area contributed by atoms with Crippen LogP contribution in [0.2, 0.25) is 0 Å². The Kier molecular flexibility index (Phi) is 20.2. The molecule has 1 aromatic heterocycles. The molecule has 0 aliphatic carbocycles. The van der Waals surface area contributed by atoms with Crippen LogP contribution in [0.1, 0.15) is 110 Å². The first-order chi connectivity index (χ1) is 28.0. The van der Waals surface area contributed by atoms with Gasteiger partial charge < -0.3 is 55.4 Å². The highest BCUT2D eigenvalue weighted by Gasteiger charge is 2.39. The third kappa shape index (κ3) is 16.9. The van der Waals surface area contributed by atoms with Crippen molar-refractivity contribution >= 4 is 17.7 Å². The van der Waals surface area contributed by atoms with Crippen LogP contribution in [0, 0.1) is 0 Å². The lowest BCUT2D eigenvalue weighted by atomic mass is 10.1. The number of hydrogen-bond acceptors (Lipinski definition) is 13. The molecule has 6 unspecified atom stereocenters. The molecule has 0 bridgehead atoms. The number of aromatic nitrogens is 2. The number of unbranched alkanes of at least 4 members (excludes halogenated alkanes) is 3. The van der Waals surface area contributed by atoms with Crippen molar-refractivity contribution in [2.24, 2.45) is 5.73 Å². The summed E-state index contributed by atoms with van der Waals surface area (Å²) < 4.78 is 30.8. The van der Waals surface area contributed by atoms with Gasteiger partial charge in [-0.1, -0.05) is 38.3 Å². The molecule has 0 radical (unpaired) electrons. The Morgan fingerprint density at radius 1 is 1.03 bits per heavy atom. The van der Waals surface area contributed by atoms with Gasteiger partial charge in [-0.25, -0.2) is 9.36 Å². The van der Waals surface area contributed by atoms with Gasteiger partial charge in [-0.3, -0.25) is 23.7 Å². The fourth-order valence-electron chi connectivity index (χ4n) is 6.34. The molecule has 7 N–H and O–H groups in total. The zero-order chi connectivity index (χ0) is 43.5. The minimum atomic E-state index is -1.50. The maximum absolute atomic E-state index is 13.3. The highest BCUT2D eigenvalue weighted by atomic mass is 16.7. The summed E-state index contributed by atoms with van der Waals surface area (Å²) in [6.45, 7) is 6.93. The van der Waals surface area contributed by atoms with Crippen molar-refractivity contribution < 1.29 is 53.4 Å². The lowest BCUT2D eigenvalue weighted by Gasteiger charge is -2.30. The van der Waals surface area contributed by atoms with Gasteiger partial charge in [0.2, 0.25) is 18.1 Å². The number of hydrogen-bond donors (Lipinski definition) is 6. The molecule has 3 amide bonds. The number of aliphatic hydroxyl groups is 3. The molecule has 2 aromatic rings. The van der Waals surface area contributed by atoms with Gasteiger partial charge in [-0.2, -0.15) is 0 Å². The van der Waals surface area contributed by atoms with Crippen molar-refractivity contribution in [2.45, 2.75) is 154 Å². The highest BCUT2D eigenvalue weighted by Crippen LogP contribution is 2.31. The summed E-state index contributed by atoms with van der Waals surface area (Å²) in [5, 5.41) is 30.0. The van der Waals surface area contributed by atoms with Gasteiger partial charge in [-0.05, 0) is 89.5 Å². The monoisotopic (exact) mass is 833 g/mol. The van der Waals surface area contributed by atoms with E-state index in [-0.39, 0.29) is 31.0 Å². The summed E-state index contributed by atoms with van der Waals surface area (Å²) in [5.74, 6) is -2.41. The Morgan fingerprint density at radius 2 is 1.75 bits per heavy atom. The van der Waals surface area contributed by atoms with Gasteiger partial charge in [0.1, 0.15) is 24.8 Å². The minimum absolute atomic E-state index is 0.0113. The Morgan fingerprint density at radius 3 is 2.39 bits per heavy atom. The summed E-state index contributed by atoms with van der Waals surface area (Å²) in [4.78, 5) is 63.7. The molecule has 3 aliphatic heterocycles. The number of carbonyl (C=O) groups is 3. The van der Waals surface area contributed by atoms with Gasteiger partial charge in [0.15, 0.2) is 17.7 Å². The van der Waals surface area contributed by atoms with Gasteiger partial charge >= 0.3 is 5.69 Å². The van der Waals surface area contributed by atoms with E-state index >= 15 is 0 Å². The van der Waals surface area contributed by atoms with Gasteiger partial charge in [0, 0.05) is 31.3 Å². The number of allylic oxidation sites excluding steroid dienone is 1. The second-order valence-corrected chi connectivity index (χ2v) is 15.1. The topological polar surface area (TPSA) is 252 Å². The molecule has 6 atom stereocenters. The van der Waals surface area contributed by atoms with Crippen LogP contribution in [-0.2, 0) is 46.7 Å². The Labute approximate surface area is 344 Å². The molecule has 2 fully saturated rings. The predicted octanol–water partition coefficient (Wildman–Crippen LogP) is 2.20. The first-order valence-corrected chi connectivity index (χ1v) is 20.2. The lowest BCUT2D eigenvalue weighted by molar-refractivity contribution is -0.195. The summed E-state index contributed by atoms with van der Waals surface area (Å²) in [7, 11) is 1.57. The van der Waals surface area contributed by atoms with Crippen LogP contribution in [-0.4, -0.2) is 92.3 Å². The molecule has 4 heterocycles. The number of primary amides is 1. The van der Waals surface area contributed by atoms with Crippen molar-refractivity contribution in [1.29, 1.82) is 0 Å². The molecule has 18 heteroatoms. The molecule has 0 saturated carbocycles. The van der Waals surface area contributed by atoms with E-state index in [0.29, 0.717) is 44.5 Å². The van der Waals surface area contributed by atoms with Crippen molar-refractivity contribution in [3.63, 3.8) is 0 Å². The van der Waals surface area contributed by atoms with E-state index in [1.807, 2.05) is 19.1 Å². The molecular formula is C41H63N5O13. The quantitative estimate of drug-likeness (QED) is 0.105. The van der Waals surface area contributed by atoms with Gasteiger partial charge in [0.25, 0.3) is 11.5 Å². The average molecular weight is 834 g/mol. The normalized spacial score (nSPS) is 22.1. The number of carbonyl (C=O) groups excluding carboxylic acids is 3. The van der Waals surface area contributed by atoms with E-state index in [0.717, 1.165) is 29.4 Å². The van der Waals surface area contributed by atoms with Crippen LogP contribution in [0.4, 0.5) is 0 Å². The second kappa shape index (κ2) is 24.5. The van der Waals surface area contributed by atoms with Crippen LogP contribution in [0.15, 0.2) is 58.0 Å². The number of methoxy groups -OCH3 is 1. The van der Waals surface area contributed by atoms with E-state index in [9.17, 15) is 24.0 Å². The fourth-order valence-corrected chi connectivity index (χ4v) is 6.34. The molecule has 1 aromatic carbocycles. The Hall–Kier alpha value is -4.59. The highest BCUT2D eigenvalue weighted by molar-refractivity contribution is 5.95. The number of aliphatic hydroxyl groups excluding tert-OH is 1. The number of ether oxygens (including phenoxy) is 5. The maximum Gasteiger partial charge on any atom is 0.335 e. The summed E-state index contributed by atoms with van der Waals surface area (Å²) >= 11 is 0. The number of nitrogens with two attached hydrogens (primary N) is 1. The molecular weight excluding hydrogens is 770 g/mol. The van der Waals surface area contributed by atoms with Gasteiger partial charge in [-0.15, -0.1) is 0 Å². The second-order valence-electron chi connectivity index (χ2n) is 15.1. The molecule has 5 rings (SSSR count). The van der Waals surface area contributed by atoms with Crippen LogP contribution >= 0.6 is 0 Å². The fraction of sp³-hybridized carbons (Fsp3) is 0.634. The lowest BCUT2D eigenvalue weighted by Crippen LogP contribution is -2.48. The number of nitrogens with one attached hydrogen (secondary N) is 2. The van der Waals surface area contributed by atoms with Crippen molar-refractivity contribution in [2.75, 3.05) is 13.7 Å². The largest absolute Gasteiger partial charge is 0.497 e. The summed E-state index contributed by atoms with van der Waals surface area (Å²) in [6, 6.07) is 7.79. The maximum atomic E-state index is 13.3. The van der Waals surface area contributed by atoms with E-state index in [1.165, 1.54) is 49.9 Å². The first-order valence-electron chi connectivity index (χ1n) is 20.2. The number of benzene rings is 1. The third-order valence-electron chi connectivity index (χ3n) is 9.37. The predicted molar refractivity (Wildman–Crippen MR) is 215 cm³/mol. The van der Waals surface area contributed by atoms with E-state index in [1.54, 1.807) is 25.3 Å². The molecule has 2 saturated heterocycles. The SMILES string of the molecule is CC(C)(O)O.CCCCCCO.COc1ccc(COCn2c(=O)ccn(C3CCC(C(OC4CCC=C(C(=O)NC5CCCC(C)NC5=O)O4)C(N)=O)O3)c2=O)cc1. The smallest absolute Gasteiger partial charge is 0.335 e. The minimum Gasteiger partial charge on any atom is -0.497 e. The number of nitrogens with zero attached hydrogens (tertiary/aromatic N) is 2. The van der Waals surface area contributed by atoms with Crippen LogP contribution in [0.3, 0.4) is 0 Å². The van der Waals surface area contributed by atoms with Crippen molar-refractivity contribution in [1.82, 2.24) is 19.8 Å². The Bertz CT molecular complexity index is 1760. The number of amides is 3. The number of rotatable bonds is 16. The standard InChI is InChI=1S/C32H41N5O10.C6H14O.C3H8O2/c1-19-5-3-6-22(30(40)34-19)35-31(41)24-7-4-8-27(46-24)47-28(29(33)39)23-13-14-26(45-23)36-16-15-25(38)37(32(36)42)18-44-17-20-9-11-21(43-2)12-10-20;1-2-3-4-5-6-7;1-3(2,4)5/h7,9-12,15-16,19,22-23,26-28H,3-6,8,13-14,17-18H2,1-2H3,(H2,33,39)(H,34,40)(H,35,41);7H,2-6H2,1H3;4-5H,1-2H3. The molecule has 59 heavy (non-hydrogen) atoms. The van der Waals surface area contributed by atoms with E-state index in [2.05, 4.69) is 17.6 Å². The van der Waals surface area contributed by atoms with Crippen molar-refractivity contribution in [3.05, 3.63) is 74.8 Å². The zero-order valence-electron chi connectivity index (χ0n) is 34.8. The van der Waals surface area contributed by atoms with E-state index in [4.69, 9.17) is 44.7 Å². The molecule has 3 aliphatic rings. The average Bonchev–Trinajstić information content (AvgIpc) is 3.61. The van der Waals surface area contributed by atoms with Crippen LogP contribution < -0.4 is 32.4 Å².